The molecule has 0 radical (unpaired) electrons. The number of nitrogens with zero attached hydrogens (tertiary/aromatic N) is 1. The zero-order chi connectivity index (χ0) is 19.3. The van der Waals surface area contributed by atoms with Crippen molar-refractivity contribution in [1.82, 2.24) is 4.90 Å². The van der Waals surface area contributed by atoms with Crippen LogP contribution in [0.1, 0.15) is 12.0 Å². The third kappa shape index (κ3) is 4.81. The van der Waals surface area contributed by atoms with Crippen LogP contribution in [0.5, 0.6) is 5.75 Å². The second-order valence-corrected chi connectivity index (χ2v) is 6.82. The van der Waals surface area contributed by atoms with Gasteiger partial charge in [0.2, 0.25) is 0 Å². The Morgan fingerprint density at radius 3 is 2.69 bits per heavy atom. The monoisotopic (exact) mass is 397 g/mol. The molecule has 0 bridgehead atoms. The molecule has 2 rings (SSSR count). The fraction of sp³-hybridized carbons (Fsp3) is 0.250. The minimum atomic E-state index is -1.56. The van der Waals surface area contributed by atoms with Gasteiger partial charge < -0.3 is 20.1 Å². The Morgan fingerprint density at radius 2 is 2.08 bits per heavy atom. The molecule has 1 aliphatic rings. The van der Waals surface area contributed by atoms with Crippen LogP contribution in [0, 0.1) is 0 Å². The summed E-state index contributed by atoms with van der Waals surface area (Å²) < 4.78 is 5.28. The summed E-state index contributed by atoms with van der Waals surface area (Å²) in [5.41, 5.74) is 0.617. The van der Waals surface area contributed by atoms with Gasteiger partial charge in [-0.15, -0.1) is 0 Å². The Morgan fingerprint density at radius 1 is 1.35 bits per heavy atom. The van der Waals surface area contributed by atoms with E-state index in [0.29, 0.717) is 11.3 Å². The third-order valence-corrected chi connectivity index (χ3v) is 4.63. The fourth-order valence-corrected chi connectivity index (χ4v) is 3.57. The molecular formula is C16H15NO7S2. The van der Waals surface area contributed by atoms with Crippen molar-refractivity contribution in [3.63, 3.8) is 0 Å². The topological polar surface area (TPSA) is 124 Å². The molecule has 0 aliphatic carbocycles. The average Bonchev–Trinajstić information content (AvgIpc) is 2.84. The molecule has 1 unspecified atom stereocenters. The van der Waals surface area contributed by atoms with Crippen molar-refractivity contribution >= 4 is 52.2 Å². The molecule has 1 heterocycles. The molecule has 0 saturated carbocycles. The number of hydrogen-bond acceptors (Lipinski definition) is 7. The Hall–Kier alpha value is -2.43. The lowest BCUT2D eigenvalue weighted by Crippen LogP contribution is -2.45. The summed E-state index contributed by atoms with van der Waals surface area (Å²) in [7, 11) is 0. The largest absolute Gasteiger partial charge is 0.491 e. The van der Waals surface area contributed by atoms with E-state index in [4.69, 9.17) is 27.2 Å². The quantitative estimate of drug-likeness (QED) is 0.438. The molecule has 10 heteroatoms. The molecule has 1 aromatic rings. The van der Waals surface area contributed by atoms with E-state index in [-0.39, 0.29) is 22.4 Å². The Labute approximate surface area is 158 Å². The summed E-state index contributed by atoms with van der Waals surface area (Å²) >= 11 is 5.97. The van der Waals surface area contributed by atoms with Crippen LogP contribution in [0.25, 0.3) is 6.08 Å². The van der Waals surface area contributed by atoms with Gasteiger partial charge in [0.05, 0.1) is 17.9 Å². The Bertz CT molecular complexity index is 778. The number of aliphatic hydroxyl groups is 1. The number of aliphatic hydroxyl groups excluding tert-OH is 1. The predicted octanol–water partition coefficient (Wildman–Crippen LogP) is 1.19. The van der Waals surface area contributed by atoms with Crippen LogP contribution in [-0.2, 0) is 14.4 Å². The van der Waals surface area contributed by atoms with Crippen molar-refractivity contribution in [2.24, 2.45) is 0 Å². The van der Waals surface area contributed by atoms with E-state index in [0.717, 1.165) is 16.7 Å². The first kappa shape index (κ1) is 19.9. The maximum atomic E-state index is 12.5. The number of carboxylic acid groups (broad SMARTS) is 2. The lowest BCUT2D eigenvalue weighted by Gasteiger charge is -2.21. The Kier molecular flexibility index (Phi) is 6.72. The van der Waals surface area contributed by atoms with Crippen molar-refractivity contribution in [3.05, 3.63) is 34.7 Å². The summed E-state index contributed by atoms with van der Waals surface area (Å²) in [5, 5.41) is 26.9. The van der Waals surface area contributed by atoms with Crippen LogP contribution in [0.15, 0.2) is 29.2 Å². The van der Waals surface area contributed by atoms with Gasteiger partial charge in [0.15, 0.2) is 0 Å². The number of aliphatic carboxylic acids is 2. The lowest BCUT2D eigenvalue weighted by molar-refractivity contribution is -0.150. The number of carbonyl (C=O) groups excluding carboxylic acids is 1. The van der Waals surface area contributed by atoms with Crippen molar-refractivity contribution < 1.29 is 34.4 Å². The summed E-state index contributed by atoms with van der Waals surface area (Å²) in [4.78, 5) is 35.8. The minimum Gasteiger partial charge on any atom is -0.491 e. The molecule has 1 fully saturated rings. The third-order valence-electron chi connectivity index (χ3n) is 3.30. The van der Waals surface area contributed by atoms with Crippen molar-refractivity contribution in [1.29, 1.82) is 0 Å². The molecule has 0 aromatic heterocycles. The van der Waals surface area contributed by atoms with Gasteiger partial charge in [-0.3, -0.25) is 14.5 Å². The SMILES string of the molecule is O=C(O)CC(C(=O)O)N1C(=O)C(=Cc2cccc(OCCO)c2)SC1=S. The van der Waals surface area contributed by atoms with E-state index < -0.39 is 30.3 Å². The number of thiocarbonyl (C=S) groups is 1. The number of carboxylic acids is 2. The summed E-state index contributed by atoms with van der Waals surface area (Å²) in [6.45, 7) is -0.00983. The highest BCUT2D eigenvalue weighted by atomic mass is 32.2. The van der Waals surface area contributed by atoms with Gasteiger partial charge >= 0.3 is 11.9 Å². The molecule has 138 valence electrons. The molecular weight excluding hydrogens is 382 g/mol. The molecule has 26 heavy (non-hydrogen) atoms. The van der Waals surface area contributed by atoms with Crippen LogP contribution in [0.3, 0.4) is 0 Å². The van der Waals surface area contributed by atoms with Gasteiger partial charge in [0, 0.05) is 0 Å². The number of hydrogen-bond donors (Lipinski definition) is 3. The molecule has 1 atom stereocenters. The number of amides is 1. The molecule has 8 nitrogen and oxygen atoms in total. The van der Waals surface area contributed by atoms with Gasteiger partial charge in [0.25, 0.3) is 5.91 Å². The van der Waals surface area contributed by atoms with E-state index in [1.165, 1.54) is 6.08 Å². The number of carbonyl (C=O) groups is 3. The maximum absolute atomic E-state index is 12.5. The van der Waals surface area contributed by atoms with E-state index in [9.17, 15) is 19.5 Å². The number of rotatable bonds is 8. The second kappa shape index (κ2) is 8.79. The molecule has 1 aliphatic heterocycles. The molecule has 0 spiro atoms. The predicted molar refractivity (Wildman–Crippen MR) is 97.7 cm³/mol. The second-order valence-electron chi connectivity index (χ2n) is 5.15. The average molecular weight is 397 g/mol. The molecule has 1 aromatic carbocycles. The van der Waals surface area contributed by atoms with E-state index >= 15 is 0 Å². The number of ether oxygens (including phenoxy) is 1. The van der Waals surface area contributed by atoms with Gasteiger partial charge in [-0.1, -0.05) is 36.1 Å². The van der Waals surface area contributed by atoms with Gasteiger partial charge in [-0.25, -0.2) is 4.79 Å². The highest BCUT2D eigenvalue weighted by Gasteiger charge is 2.41. The first-order valence-corrected chi connectivity index (χ1v) is 8.61. The minimum absolute atomic E-state index is 0.0115. The Balaban J connectivity index is 2.26. The summed E-state index contributed by atoms with van der Waals surface area (Å²) in [5.74, 6) is -2.94. The molecule has 1 saturated heterocycles. The van der Waals surface area contributed by atoms with Crippen LogP contribution in [0.4, 0.5) is 0 Å². The highest BCUT2D eigenvalue weighted by molar-refractivity contribution is 8.26. The van der Waals surface area contributed by atoms with Crippen molar-refractivity contribution in [2.75, 3.05) is 13.2 Å². The van der Waals surface area contributed by atoms with Gasteiger partial charge in [0.1, 0.15) is 22.7 Å². The van der Waals surface area contributed by atoms with Crippen LogP contribution >= 0.6 is 24.0 Å². The molecule has 1 amide bonds. The van der Waals surface area contributed by atoms with Gasteiger partial charge in [-0.05, 0) is 23.8 Å². The maximum Gasteiger partial charge on any atom is 0.327 e. The first-order valence-electron chi connectivity index (χ1n) is 7.39. The standard InChI is InChI=1S/C16H15NO7S2/c18-4-5-24-10-3-1-2-9(6-10)7-12-14(21)17(16(25)26-12)11(15(22)23)8-13(19)20/h1-3,6-7,11,18H,4-5,8H2,(H,19,20)(H,22,23). The van der Waals surface area contributed by atoms with E-state index in [2.05, 4.69) is 0 Å². The van der Waals surface area contributed by atoms with Crippen molar-refractivity contribution in [2.45, 2.75) is 12.5 Å². The van der Waals surface area contributed by atoms with E-state index in [1.807, 2.05) is 0 Å². The number of benzene rings is 1. The zero-order valence-electron chi connectivity index (χ0n) is 13.3. The smallest absolute Gasteiger partial charge is 0.327 e. The lowest BCUT2D eigenvalue weighted by atomic mass is 10.1. The highest BCUT2D eigenvalue weighted by Crippen LogP contribution is 2.35. The van der Waals surface area contributed by atoms with Crippen molar-refractivity contribution in [3.8, 4) is 5.75 Å². The normalized spacial score (nSPS) is 16.8. The van der Waals surface area contributed by atoms with Crippen LogP contribution in [-0.4, -0.2) is 61.6 Å². The fourth-order valence-electron chi connectivity index (χ4n) is 2.21. The first-order chi connectivity index (χ1) is 12.3. The molecule has 3 N–H and O–H groups in total. The van der Waals surface area contributed by atoms with Crippen LogP contribution in [0.2, 0.25) is 0 Å². The zero-order valence-corrected chi connectivity index (χ0v) is 15.0. The number of thioether (sulfide) groups is 1. The summed E-state index contributed by atoms with van der Waals surface area (Å²) in [6.07, 6.45) is 0.768. The van der Waals surface area contributed by atoms with Gasteiger partial charge in [-0.2, -0.15) is 0 Å². The van der Waals surface area contributed by atoms with Crippen LogP contribution < -0.4 is 4.74 Å². The van der Waals surface area contributed by atoms with E-state index in [1.54, 1.807) is 24.3 Å². The summed E-state index contributed by atoms with van der Waals surface area (Å²) in [6, 6.07) is 5.18.